The molecule has 3 aromatic rings. The highest BCUT2D eigenvalue weighted by Gasteiger charge is 2.28. The first-order valence-corrected chi connectivity index (χ1v) is 16.5. The minimum atomic E-state index is -0.766. The molecule has 1 unspecified atom stereocenters. The summed E-state index contributed by atoms with van der Waals surface area (Å²) in [6, 6.07) is 14.9. The van der Waals surface area contributed by atoms with Gasteiger partial charge in [0.05, 0.1) is 6.61 Å². The zero-order chi connectivity index (χ0) is 32.5. The van der Waals surface area contributed by atoms with Gasteiger partial charge in [0.25, 0.3) is 0 Å². The highest BCUT2D eigenvalue weighted by atomic mass is 32.2. The van der Waals surface area contributed by atoms with E-state index in [4.69, 9.17) is 19.0 Å². The number of aromatic nitrogens is 1. The summed E-state index contributed by atoms with van der Waals surface area (Å²) in [4.78, 5) is 20.4. The molecule has 0 saturated carbocycles. The predicted octanol–water partition coefficient (Wildman–Crippen LogP) is 8.65. The molecule has 1 atom stereocenters. The number of amidine groups is 1. The van der Waals surface area contributed by atoms with Gasteiger partial charge in [-0.2, -0.15) is 0 Å². The van der Waals surface area contributed by atoms with Crippen molar-refractivity contribution in [2.45, 2.75) is 97.7 Å². The van der Waals surface area contributed by atoms with Crippen molar-refractivity contribution in [1.29, 1.82) is 0 Å². The predicted molar refractivity (Wildman–Crippen MR) is 183 cm³/mol. The molecule has 1 aromatic heterocycles. The smallest absolute Gasteiger partial charge is 0.182 e. The molecule has 2 aromatic carbocycles. The van der Waals surface area contributed by atoms with Crippen LogP contribution in [0.1, 0.15) is 82.8 Å². The molecule has 0 radical (unpaired) electrons. The van der Waals surface area contributed by atoms with Crippen LogP contribution in [0.3, 0.4) is 0 Å². The van der Waals surface area contributed by atoms with Gasteiger partial charge in [0.1, 0.15) is 23.4 Å². The molecule has 1 N–H and O–H groups in total. The summed E-state index contributed by atoms with van der Waals surface area (Å²) in [5, 5.41) is 4.14. The zero-order valence-electron chi connectivity index (χ0n) is 28.2. The molecule has 0 fully saturated rings. The Balaban J connectivity index is 0.00000330. The Morgan fingerprint density at radius 1 is 1.14 bits per heavy atom. The SMILES string of the molecule is CC.CCCC(=NC(C=O)(CC)CCOC)N(C)Cc1ccc(-c2ccccc2SNc2noc(C)c2C)c(COCC)c1. The molecule has 0 spiro atoms. The number of aldehydes is 1. The molecule has 44 heavy (non-hydrogen) atoms. The molecule has 242 valence electrons. The number of carbonyl (C=O) groups excluding carboxylic acids is 1. The average Bonchev–Trinajstić information content (AvgIpc) is 3.38. The van der Waals surface area contributed by atoms with Crippen molar-refractivity contribution in [2.75, 3.05) is 32.1 Å². The molecule has 0 aliphatic heterocycles. The number of ether oxygens (including phenoxy) is 2. The lowest BCUT2D eigenvalue weighted by Crippen LogP contribution is -2.35. The number of anilines is 1. The second-order valence-electron chi connectivity index (χ2n) is 10.5. The van der Waals surface area contributed by atoms with Crippen LogP contribution in [0.15, 0.2) is 56.9 Å². The summed E-state index contributed by atoms with van der Waals surface area (Å²) >= 11 is 1.52. The highest BCUT2D eigenvalue weighted by Crippen LogP contribution is 2.35. The van der Waals surface area contributed by atoms with E-state index in [9.17, 15) is 4.79 Å². The van der Waals surface area contributed by atoms with Gasteiger partial charge in [0, 0.05) is 57.2 Å². The fraction of sp³-hybridized carbons (Fsp3) is 0.514. The summed E-state index contributed by atoms with van der Waals surface area (Å²) in [6.45, 7) is 16.4. The number of hydrogen-bond acceptors (Lipinski definition) is 8. The number of rotatable bonds is 17. The number of hydrogen-bond donors (Lipinski definition) is 1. The van der Waals surface area contributed by atoms with Crippen LogP contribution in [-0.4, -0.2) is 55.1 Å². The minimum absolute atomic E-state index is 0.495. The van der Waals surface area contributed by atoms with E-state index in [2.05, 4.69) is 65.1 Å². The summed E-state index contributed by atoms with van der Waals surface area (Å²) < 4.78 is 19.9. The lowest BCUT2D eigenvalue weighted by atomic mass is 9.94. The first-order valence-electron chi connectivity index (χ1n) is 15.7. The zero-order valence-corrected chi connectivity index (χ0v) is 29.0. The Labute approximate surface area is 269 Å². The maximum atomic E-state index is 12.2. The summed E-state index contributed by atoms with van der Waals surface area (Å²) in [7, 11) is 3.71. The van der Waals surface area contributed by atoms with Gasteiger partial charge in [-0.25, -0.2) is 0 Å². The fourth-order valence-corrected chi connectivity index (χ4v) is 5.50. The van der Waals surface area contributed by atoms with E-state index in [-0.39, 0.29) is 0 Å². The van der Waals surface area contributed by atoms with Crippen molar-refractivity contribution in [3.05, 3.63) is 64.9 Å². The van der Waals surface area contributed by atoms with E-state index >= 15 is 0 Å². The Morgan fingerprint density at radius 2 is 1.89 bits per heavy atom. The molecule has 0 amide bonds. The third kappa shape index (κ3) is 10.2. The lowest BCUT2D eigenvalue weighted by Gasteiger charge is -2.28. The summed E-state index contributed by atoms with van der Waals surface area (Å²) in [6.07, 6.45) is 3.93. The van der Waals surface area contributed by atoms with Crippen molar-refractivity contribution in [3.8, 4) is 11.1 Å². The van der Waals surface area contributed by atoms with Crippen LogP contribution in [-0.2, 0) is 27.4 Å². The highest BCUT2D eigenvalue weighted by molar-refractivity contribution is 8.00. The van der Waals surface area contributed by atoms with Gasteiger partial charge >= 0.3 is 0 Å². The van der Waals surface area contributed by atoms with E-state index in [1.165, 1.54) is 11.9 Å². The number of benzene rings is 2. The molecule has 8 nitrogen and oxygen atoms in total. The Bertz CT molecular complexity index is 1330. The number of aryl methyl sites for hydroxylation is 1. The second kappa shape index (κ2) is 19.3. The molecule has 0 saturated heterocycles. The molecule has 0 aliphatic rings. The van der Waals surface area contributed by atoms with Crippen LogP contribution >= 0.6 is 11.9 Å². The normalized spacial score (nSPS) is 12.7. The third-order valence-corrected chi connectivity index (χ3v) is 8.35. The van der Waals surface area contributed by atoms with Crippen LogP contribution in [0.4, 0.5) is 5.82 Å². The first-order chi connectivity index (χ1) is 21.3. The van der Waals surface area contributed by atoms with E-state index in [1.807, 2.05) is 47.6 Å². The van der Waals surface area contributed by atoms with Crippen molar-refractivity contribution >= 4 is 29.9 Å². The van der Waals surface area contributed by atoms with Crippen molar-refractivity contribution in [2.24, 2.45) is 4.99 Å². The Morgan fingerprint density at radius 3 is 2.50 bits per heavy atom. The van der Waals surface area contributed by atoms with E-state index in [1.54, 1.807) is 7.11 Å². The van der Waals surface area contributed by atoms with E-state index in [0.29, 0.717) is 39.2 Å². The second-order valence-corrected chi connectivity index (χ2v) is 11.3. The fourth-order valence-electron chi connectivity index (χ4n) is 4.67. The third-order valence-electron chi connectivity index (χ3n) is 7.48. The van der Waals surface area contributed by atoms with Gasteiger partial charge in [0.15, 0.2) is 5.82 Å². The van der Waals surface area contributed by atoms with Crippen molar-refractivity contribution in [1.82, 2.24) is 10.1 Å². The molecular formula is C35H52N4O4S. The van der Waals surface area contributed by atoms with Gasteiger partial charge in [-0.15, -0.1) is 0 Å². The lowest BCUT2D eigenvalue weighted by molar-refractivity contribution is -0.112. The average molecular weight is 625 g/mol. The largest absolute Gasteiger partial charge is 0.385 e. The van der Waals surface area contributed by atoms with Gasteiger partial charge < -0.3 is 28.4 Å². The molecule has 3 rings (SSSR count). The standard InChI is InChI=1S/C33H46N4O4S.C2H6/c1-8-13-31(34-33(9-2,23-38)18-19-39-7)37(6)21-26-16-17-28(27(20-26)22-40-10-3)29-14-11-12-15-30(29)42-36-32-24(4)25(5)41-35-32;1-2/h11-12,14-17,20,23H,8-10,13,18-19,21-22H2,1-7H3,(H,35,36);1-2H3. The Hall–Kier alpha value is -3.14. The van der Waals surface area contributed by atoms with Crippen LogP contribution < -0.4 is 4.72 Å². The molecular weight excluding hydrogens is 572 g/mol. The molecule has 9 heteroatoms. The number of carbonyl (C=O) groups is 1. The van der Waals surface area contributed by atoms with Crippen LogP contribution in [0.5, 0.6) is 0 Å². The van der Waals surface area contributed by atoms with Crippen molar-refractivity contribution < 1.29 is 18.8 Å². The number of nitrogens with zero attached hydrogens (tertiary/aromatic N) is 3. The van der Waals surface area contributed by atoms with Crippen LogP contribution in [0.25, 0.3) is 11.1 Å². The van der Waals surface area contributed by atoms with Gasteiger partial charge in [-0.1, -0.05) is 69.2 Å². The number of aliphatic imine (C=N–C) groups is 1. The van der Waals surface area contributed by atoms with E-state index in [0.717, 1.165) is 69.3 Å². The van der Waals surface area contributed by atoms with E-state index < -0.39 is 5.54 Å². The molecule has 1 heterocycles. The molecule has 0 aliphatic carbocycles. The topological polar surface area (TPSA) is 89.2 Å². The number of nitrogens with one attached hydrogen (secondary N) is 1. The van der Waals surface area contributed by atoms with Crippen LogP contribution in [0, 0.1) is 13.8 Å². The monoisotopic (exact) mass is 624 g/mol. The Kier molecular flexibility index (Phi) is 16.2. The first kappa shape index (κ1) is 37.0. The van der Waals surface area contributed by atoms with Gasteiger partial charge in [0.2, 0.25) is 0 Å². The maximum absolute atomic E-state index is 12.2. The summed E-state index contributed by atoms with van der Waals surface area (Å²) in [5.41, 5.74) is 4.75. The van der Waals surface area contributed by atoms with Gasteiger partial charge in [-0.05, 0) is 73.9 Å². The van der Waals surface area contributed by atoms with Crippen LogP contribution in [0.2, 0.25) is 0 Å². The quantitative estimate of drug-likeness (QED) is 0.0691. The van der Waals surface area contributed by atoms with Crippen molar-refractivity contribution in [3.63, 3.8) is 0 Å². The van der Waals surface area contributed by atoms with Gasteiger partial charge in [-0.3, -0.25) is 4.99 Å². The maximum Gasteiger partial charge on any atom is 0.182 e. The minimum Gasteiger partial charge on any atom is -0.385 e. The number of methoxy groups -OCH3 is 1. The summed E-state index contributed by atoms with van der Waals surface area (Å²) in [5.74, 6) is 2.47. The molecule has 0 bridgehead atoms.